The number of anilines is 1. The first-order chi connectivity index (χ1) is 13.3. The molecule has 2 aromatic rings. The van der Waals surface area contributed by atoms with Gasteiger partial charge in [0, 0.05) is 17.9 Å². The second kappa shape index (κ2) is 8.59. The average Bonchev–Trinajstić information content (AvgIpc) is 2.68. The Bertz CT molecular complexity index is 838. The number of carbonyl (C=O) groups excluding carboxylic acids is 2. The van der Waals surface area contributed by atoms with Crippen LogP contribution < -0.4 is 5.32 Å². The van der Waals surface area contributed by atoms with Crippen LogP contribution in [0.3, 0.4) is 0 Å². The molecule has 0 heterocycles. The number of carbonyl (C=O) groups is 2. The second-order valence-corrected chi connectivity index (χ2v) is 7.16. The Balaban J connectivity index is 1.71. The molecule has 28 heavy (non-hydrogen) atoms. The van der Waals surface area contributed by atoms with E-state index in [0.717, 1.165) is 44.2 Å². The number of hydrogen-bond donors (Lipinski definition) is 1. The van der Waals surface area contributed by atoms with Gasteiger partial charge in [-0.1, -0.05) is 43.5 Å². The number of Topliss-reactive ketones (excluding diaryl/α,β-unsaturated/α-hetero) is 1. The van der Waals surface area contributed by atoms with Crippen LogP contribution in [0, 0.1) is 5.92 Å². The van der Waals surface area contributed by atoms with Gasteiger partial charge in [0.2, 0.25) is 5.91 Å². The Hall–Kier alpha value is -2.63. The topological polar surface area (TPSA) is 46.2 Å². The number of hydrogen-bond acceptors (Lipinski definition) is 2. The molecule has 2 aromatic carbocycles. The third-order valence-electron chi connectivity index (χ3n) is 5.11. The molecule has 0 unspecified atom stereocenters. The first-order valence-corrected chi connectivity index (χ1v) is 9.44. The smallest absolute Gasteiger partial charge is 0.325 e. The van der Waals surface area contributed by atoms with Crippen LogP contribution in [0.15, 0.2) is 48.5 Å². The van der Waals surface area contributed by atoms with E-state index < -0.39 is 11.7 Å². The summed E-state index contributed by atoms with van der Waals surface area (Å²) in [7, 11) is 0. The van der Waals surface area contributed by atoms with E-state index in [1.54, 1.807) is 24.3 Å². The molecule has 0 spiro atoms. The van der Waals surface area contributed by atoms with Gasteiger partial charge in [0.15, 0.2) is 5.78 Å². The van der Waals surface area contributed by atoms with Crippen LogP contribution in [0.5, 0.6) is 0 Å². The molecule has 1 saturated carbocycles. The van der Waals surface area contributed by atoms with Crippen molar-refractivity contribution < 1.29 is 22.8 Å². The normalized spacial score (nSPS) is 15.2. The molecule has 1 amide bonds. The van der Waals surface area contributed by atoms with Gasteiger partial charge in [0.25, 0.3) is 0 Å². The fraction of sp³-hybridized carbons (Fsp3) is 0.364. The van der Waals surface area contributed by atoms with Gasteiger partial charge in [-0.25, -0.2) is 0 Å². The highest BCUT2D eigenvalue weighted by molar-refractivity contribution is 6.06. The molecule has 0 aliphatic heterocycles. The predicted octanol–water partition coefficient (Wildman–Crippen LogP) is 5.65. The summed E-state index contributed by atoms with van der Waals surface area (Å²) in [5, 5.41) is 2.87. The Morgan fingerprint density at radius 3 is 2.21 bits per heavy atom. The molecule has 6 heteroatoms. The quantitative estimate of drug-likeness (QED) is 0.672. The van der Waals surface area contributed by atoms with Crippen LogP contribution in [0.2, 0.25) is 0 Å². The Morgan fingerprint density at radius 1 is 0.929 bits per heavy atom. The minimum atomic E-state index is -4.40. The van der Waals surface area contributed by atoms with Crippen LogP contribution in [-0.2, 0) is 17.4 Å². The monoisotopic (exact) mass is 389 g/mol. The Kier molecular flexibility index (Phi) is 6.17. The number of para-hydroxylation sites is 1. The highest BCUT2D eigenvalue weighted by atomic mass is 19.4. The van der Waals surface area contributed by atoms with Crippen LogP contribution in [0.4, 0.5) is 18.9 Å². The number of ketones is 1. The van der Waals surface area contributed by atoms with Gasteiger partial charge in [-0.3, -0.25) is 9.59 Å². The summed E-state index contributed by atoms with van der Waals surface area (Å²) < 4.78 is 38.0. The van der Waals surface area contributed by atoms with Gasteiger partial charge in [0.1, 0.15) is 0 Å². The van der Waals surface area contributed by atoms with E-state index in [9.17, 15) is 22.8 Å². The molecule has 3 rings (SSSR count). The van der Waals surface area contributed by atoms with Gasteiger partial charge in [-0.05, 0) is 42.7 Å². The largest absolute Gasteiger partial charge is 0.416 e. The minimum absolute atomic E-state index is 0.0333. The van der Waals surface area contributed by atoms with E-state index in [2.05, 4.69) is 5.32 Å². The lowest BCUT2D eigenvalue weighted by molar-refractivity contribution is -0.137. The summed E-state index contributed by atoms with van der Waals surface area (Å²) >= 11 is 0. The van der Waals surface area contributed by atoms with Crippen LogP contribution >= 0.6 is 0 Å². The van der Waals surface area contributed by atoms with Crippen LogP contribution in [-0.4, -0.2) is 11.7 Å². The summed E-state index contributed by atoms with van der Waals surface area (Å²) in [6.45, 7) is 0. The number of rotatable bonds is 5. The Morgan fingerprint density at radius 2 is 1.57 bits per heavy atom. The van der Waals surface area contributed by atoms with Crippen molar-refractivity contribution in [2.24, 2.45) is 5.92 Å². The number of benzene rings is 2. The summed E-state index contributed by atoms with van der Waals surface area (Å²) in [4.78, 5) is 25.2. The maximum atomic E-state index is 12.7. The third-order valence-corrected chi connectivity index (χ3v) is 5.11. The highest BCUT2D eigenvalue weighted by Crippen LogP contribution is 2.30. The van der Waals surface area contributed by atoms with Crippen molar-refractivity contribution in [3.63, 3.8) is 0 Å². The molecule has 1 fully saturated rings. The second-order valence-electron chi connectivity index (χ2n) is 7.16. The van der Waals surface area contributed by atoms with Crippen molar-refractivity contribution in [3.8, 4) is 0 Å². The fourth-order valence-corrected chi connectivity index (χ4v) is 3.53. The molecule has 1 aliphatic carbocycles. The molecule has 3 nitrogen and oxygen atoms in total. The standard InChI is InChI=1S/C22H22F3NO2/c23-22(24,25)17-12-10-15(11-13-17)14-20(27)18-8-4-5-9-19(18)26-21(28)16-6-2-1-3-7-16/h4-5,8-13,16H,1-3,6-7,14H2,(H,26,28). The molecule has 1 aliphatic rings. The summed E-state index contributed by atoms with van der Waals surface area (Å²) in [5.74, 6) is -0.361. The van der Waals surface area contributed by atoms with E-state index in [0.29, 0.717) is 16.8 Å². The van der Waals surface area contributed by atoms with Crippen molar-refractivity contribution in [3.05, 3.63) is 65.2 Å². The number of halogens is 3. The van der Waals surface area contributed by atoms with Crippen molar-refractivity contribution in [2.45, 2.75) is 44.7 Å². The van der Waals surface area contributed by atoms with Gasteiger partial charge in [-0.2, -0.15) is 13.2 Å². The van der Waals surface area contributed by atoms with E-state index >= 15 is 0 Å². The highest BCUT2D eigenvalue weighted by Gasteiger charge is 2.30. The zero-order valence-corrected chi connectivity index (χ0v) is 15.4. The zero-order chi connectivity index (χ0) is 20.1. The first-order valence-electron chi connectivity index (χ1n) is 9.44. The van der Waals surface area contributed by atoms with Crippen molar-refractivity contribution >= 4 is 17.4 Å². The molecule has 0 saturated heterocycles. The SMILES string of the molecule is O=C(Cc1ccc(C(F)(F)F)cc1)c1ccccc1NC(=O)C1CCCCC1. The lowest BCUT2D eigenvalue weighted by Crippen LogP contribution is -2.25. The number of nitrogens with one attached hydrogen (secondary N) is 1. The van der Waals surface area contributed by atoms with Crippen molar-refractivity contribution in [1.82, 2.24) is 0 Å². The lowest BCUT2D eigenvalue weighted by atomic mass is 9.88. The maximum absolute atomic E-state index is 12.7. The molecule has 0 aromatic heterocycles. The minimum Gasteiger partial charge on any atom is -0.325 e. The number of alkyl halides is 3. The maximum Gasteiger partial charge on any atom is 0.416 e. The van der Waals surface area contributed by atoms with Crippen molar-refractivity contribution in [2.75, 3.05) is 5.32 Å². The van der Waals surface area contributed by atoms with Crippen LogP contribution in [0.25, 0.3) is 0 Å². The zero-order valence-electron chi connectivity index (χ0n) is 15.4. The summed E-state index contributed by atoms with van der Waals surface area (Å²) in [6.07, 6.45) is 0.485. The predicted molar refractivity (Wildman–Crippen MR) is 101 cm³/mol. The molecule has 0 radical (unpaired) electrons. The molecule has 0 atom stereocenters. The van der Waals surface area contributed by atoms with E-state index in [1.807, 2.05) is 0 Å². The molecular formula is C22H22F3NO2. The van der Waals surface area contributed by atoms with E-state index in [-0.39, 0.29) is 24.0 Å². The summed E-state index contributed by atoms with van der Waals surface area (Å²) in [6, 6.07) is 11.3. The first kappa shape index (κ1) is 20.1. The molecular weight excluding hydrogens is 367 g/mol. The van der Waals surface area contributed by atoms with Gasteiger partial charge in [0.05, 0.1) is 11.3 Å². The van der Waals surface area contributed by atoms with Gasteiger partial charge >= 0.3 is 6.18 Å². The average molecular weight is 389 g/mol. The number of amides is 1. The lowest BCUT2D eigenvalue weighted by Gasteiger charge is -2.21. The molecule has 0 bridgehead atoms. The fourth-order valence-electron chi connectivity index (χ4n) is 3.53. The van der Waals surface area contributed by atoms with Crippen molar-refractivity contribution in [1.29, 1.82) is 0 Å². The van der Waals surface area contributed by atoms with Crippen LogP contribution in [0.1, 0.15) is 53.6 Å². The summed E-state index contributed by atoms with van der Waals surface area (Å²) in [5.41, 5.74) is 0.566. The third kappa shape index (κ3) is 5.00. The molecule has 1 N–H and O–H groups in total. The van der Waals surface area contributed by atoms with E-state index in [4.69, 9.17) is 0 Å². The van der Waals surface area contributed by atoms with Gasteiger partial charge in [-0.15, -0.1) is 0 Å². The van der Waals surface area contributed by atoms with Gasteiger partial charge < -0.3 is 5.32 Å². The van der Waals surface area contributed by atoms with E-state index in [1.165, 1.54) is 12.1 Å². The Labute approximate surface area is 162 Å². The molecule has 148 valence electrons.